The summed E-state index contributed by atoms with van der Waals surface area (Å²) in [6.07, 6.45) is 2.57. The number of rotatable bonds is 6. The van der Waals surface area contributed by atoms with Gasteiger partial charge in [0.25, 0.3) is 0 Å². The minimum atomic E-state index is -0.335. The Morgan fingerprint density at radius 2 is 1.76 bits per heavy atom. The summed E-state index contributed by atoms with van der Waals surface area (Å²) in [5, 5.41) is 0. The predicted molar refractivity (Wildman–Crippen MR) is 112 cm³/mol. The Balaban J connectivity index is 1.70. The third-order valence-corrected chi connectivity index (χ3v) is 5.03. The number of nitrogens with one attached hydrogen (secondary N) is 1. The first-order valence-electron chi connectivity index (χ1n) is 9.99. The summed E-state index contributed by atoms with van der Waals surface area (Å²) in [7, 11) is 0. The van der Waals surface area contributed by atoms with Gasteiger partial charge in [-0.1, -0.05) is 60.7 Å². The van der Waals surface area contributed by atoms with Crippen LogP contribution in [0.15, 0.2) is 65.5 Å². The topological polar surface area (TPSA) is 60.6 Å². The molecule has 1 fully saturated rings. The minimum absolute atomic E-state index is 0.177. The van der Waals surface area contributed by atoms with E-state index in [0.717, 1.165) is 30.4 Å². The Bertz CT molecular complexity index is 993. The van der Waals surface area contributed by atoms with E-state index in [2.05, 4.69) is 4.98 Å². The molecule has 0 amide bonds. The molecule has 1 aliphatic rings. The fourth-order valence-electron chi connectivity index (χ4n) is 3.38. The molecule has 0 aliphatic carbocycles. The number of pyridine rings is 1. The molecule has 4 rings (SSSR count). The molecule has 1 unspecified atom stereocenters. The highest BCUT2D eigenvalue weighted by molar-refractivity contribution is 5.67. The van der Waals surface area contributed by atoms with Crippen LogP contribution in [-0.2, 0) is 11.3 Å². The zero-order chi connectivity index (χ0) is 20.1. The van der Waals surface area contributed by atoms with Gasteiger partial charge in [0.1, 0.15) is 6.61 Å². The Hall–Kier alpha value is -3.05. The van der Waals surface area contributed by atoms with Crippen molar-refractivity contribution in [1.29, 1.82) is 0 Å². The van der Waals surface area contributed by atoms with Crippen LogP contribution in [0.3, 0.4) is 0 Å². The predicted octanol–water partition coefficient (Wildman–Crippen LogP) is 4.83. The van der Waals surface area contributed by atoms with Gasteiger partial charge in [0.15, 0.2) is 5.75 Å². The van der Waals surface area contributed by atoms with Crippen LogP contribution in [-0.4, -0.2) is 17.9 Å². The van der Waals surface area contributed by atoms with Gasteiger partial charge in [-0.3, -0.25) is 4.79 Å². The molecule has 0 radical (unpaired) electrons. The van der Waals surface area contributed by atoms with E-state index >= 15 is 0 Å². The molecule has 0 saturated carbocycles. The van der Waals surface area contributed by atoms with Gasteiger partial charge in [-0.05, 0) is 25.3 Å². The number of H-pyrrole nitrogens is 1. The quantitative estimate of drug-likeness (QED) is 0.653. The van der Waals surface area contributed by atoms with Crippen molar-refractivity contribution < 1.29 is 14.2 Å². The first-order chi connectivity index (χ1) is 14.2. The van der Waals surface area contributed by atoms with Crippen LogP contribution in [0.4, 0.5) is 0 Å². The monoisotopic (exact) mass is 391 g/mol. The molecule has 0 spiro atoms. The van der Waals surface area contributed by atoms with Crippen molar-refractivity contribution in [2.24, 2.45) is 0 Å². The van der Waals surface area contributed by atoms with E-state index in [-0.39, 0.29) is 11.7 Å². The van der Waals surface area contributed by atoms with Crippen LogP contribution in [0.25, 0.3) is 11.3 Å². The normalized spacial score (nSPS) is 16.4. The van der Waals surface area contributed by atoms with Crippen molar-refractivity contribution in [3.8, 4) is 22.9 Å². The largest absolute Gasteiger partial charge is 0.483 e. The van der Waals surface area contributed by atoms with E-state index < -0.39 is 0 Å². The van der Waals surface area contributed by atoms with E-state index in [1.54, 1.807) is 6.92 Å². The van der Waals surface area contributed by atoms with Gasteiger partial charge in [-0.2, -0.15) is 0 Å². The minimum Gasteiger partial charge on any atom is -0.483 e. The van der Waals surface area contributed by atoms with E-state index in [4.69, 9.17) is 14.2 Å². The van der Waals surface area contributed by atoms with E-state index in [9.17, 15) is 4.79 Å². The summed E-state index contributed by atoms with van der Waals surface area (Å²) in [6.45, 7) is 2.74. The van der Waals surface area contributed by atoms with E-state index in [1.165, 1.54) is 0 Å². The van der Waals surface area contributed by atoms with Gasteiger partial charge in [0, 0.05) is 12.0 Å². The molecule has 2 heterocycles. The summed E-state index contributed by atoms with van der Waals surface area (Å²) in [5.74, 6) is 0.738. The lowest BCUT2D eigenvalue weighted by molar-refractivity contribution is -0.108. The molecule has 1 aromatic heterocycles. The van der Waals surface area contributed by atoms with Crippen molar-refractivity contribution in [3.05, 3.63) is 82.0 Å². The maximum Gasteiger partial charge on any atom is 0.230 e. The van der Waals surface area contributed by atoms with Gasteiger partial charge in [-0.25, -0.2) is 0 Å². The van der Waals surface area contributed by atoms with Gasteiger partial charge < -0.3 is 19.2 Å². The molecule has 0 bridgehead atoms. The molecule has 5 nitrogen and oxygen atoms in total. The van der Waals surface area contributed by atoms with Gasteiger partial charge in [-0.15, -0.1) is 0 Å². The highest BCUT2D eigenvalue weighted by atomic mass is 16.7. The summed E-state index contributed by atoms with van der Waals surface area (Å²) >= 11 is 0. The van der Waals surface area contributed by atoms with E-state index in [1.807, 2.05) is 60.7 Å². The third-order valence-electron chi connectivity index (χ3n) is 5.03. The summed E-state index contributed by atoms with van der Waals surface area (Å²) in [5.41, 5.74) is 2.79. The number of aromatic nitrogens is 1. The lowest BCUT2D eigenvalue weighted by Crippen LogP contribution is -2.27. The zero-order valence-electron chi connectivity index (χ0n) is 16.5. The van der Waals surface area contributed by atoms with Crippen LogP contribution in [0.2, 0.25) is 0 Å². The molecule has 1 aliphatic heterocycles. The maximum absolute atomic E-state index is 13.2. The Morgan fingerprint density at radius 3 is 2.45 bits per heavy atom. The number of hydrogen-bond donors (Lipinski definition) is 1. The van der Waals surface area contributed by atoms with Crippen molar-refractivity contribution in [1.82, 2.24) is 4.98 Å². The Morgan fingerprint density at radius 1 is 1.03 bits per heavy atom. The average Bonchev–Trinajstić information content (AvgIpc) is 2.78. The molecule has 1 atom stereocenters. The van der Waals surface area contributed by atoms with Crippen molar-refractivity contribution in [3.63, 3.8) is 0 Å². The van der Waals surface area contributed by atoms with Gasteiger partial charge in [0.2, 0.25) is 17.6 Å². The number of aromatic amines is 1. The lowest BCUT2D eigenvalue weighted by Gasteiger charge is -2.24. The standard InChI is InChI=1S/C24H25NO4/c1-17-22(26)23(28-16-18-10-4-2-5-11-18)21(19-12-6-3-7-13-19)25-24(17)29-20-14-8-9-15-27-20/h2-7,10-13,20H,8-9,14-16H2,1H3,(H,25,26). The SMILES string of the molecule is Cc1c(OC2CCCCO2)[nH]c(-c2ccccc2)c(OCc2ccccc2)c1=O. The second-order valence-electron chi connectivity index (χ2n) is 7.17. The van der Waals surface area contributed by atoms with Crippen LogP contribution >= 0.6 is 0 Å². The molecule has 3 aromatic rings. The Labute approximate surface area is 170 Å². The third kappa shape index (κ3) is 4.51. The van der Waals surface area contributed by atoms with Crippen molar-refractivity contribution in [2.45, 2.75) is 39.1 Å². The summed E-state index contributed by atoms with van der Waals surface area (Å²) in [6, 6.07) is 19.5. The van der Waals surface area contributed by atoms with Gasteiger partial charge in [0.05, 0.1) is 17.9 Å². The molecule has 150 valence electrons. The van der Waals surface area contributed by atoms with Crippen LogP contribution < -0.4 is 14.9 Å². The molecule has 1 saturated heterocycles. The highest BCUT2D eigenvalue weighted by Gasteiger charge is 2.22. The molecule has 5 heteroatoms. The lowest BCUT2D eigenvalue weighted by atomic mass is 10.1. The number of hydrogen-bond acceptors (Lipinski definition) is 4. The van der Waals surface area contributed by atoms with Crippen LogP contribution in [0, 0.1) is 6.92 Å². The summed E-state index contributed by atoms with van der Waals surface area (Å²) in [4.78, 5) is 16.5. The number of benzene rings is 2. The van der Waals surface area contributed by atoms with Crippen LogP contribution in [0.5, 0.6) is 11.6 Å². The molecular weight excluding hydrogens is 366 g/mol. The Kier molecular flexibility index (Phi) is 5.96. The fraction of sp³-hybridized carbons (Fsp3) is 0.292. The van der Waals surface area contributed by atoms with Gasteiger partial charge >= 0.3 is 0 Å². The smallest absolute Gasteiger partial charge is 0.230 e. The zero-order valence-corrected chi connectivity index (χ0v) is 16.5. The van der Waals surface area contributed by atoms with Crippen molar-refractivity contribution >= 4 is 0 Å². The summed E-state index contributed by atoms with van der Waals surface area (Å²) < 4.78 is 17.7. The molecule has 1 N–H and O–H groups in total. The van der Waals surface area contributed by atoms with Crippen LogP contribution in [0.1, 0.15) is 30.4 Å². The highest BCUT2D eigenvalue weighted by Crippen LogP contribution is 2.30. The fourth-order valence-corrected chi connectivity index (χ4v) is 3.38. The number of ether oxygens (including phenoxy) is 3. The second-order valence-corrected chi connectivity index (χ2v) is 7.17. The second kappa shape index (κ2) is 8.97. The van der Waals surface area contributed by atoms with E-state index in [0.29, 0.717) is 36.1 Å². The molecule has 29 heavy (non-hydrogen) atoms. The van der Waals surface area contributed by atoms with Crippen molar-refractivity contribution in [2.75, 3.05) is 6.61 Å². The average molecular weight is 391 g/mol. The molecule has 2 aromatic carbocycles. The maximum atomic E-state index is 13.2. The molecular formula is C24H25NO4. The first kappa shape index (κ1) is 19.3. The first-order valence-corrected chi connectivity index (χ1v) is 9.99.